The van der Waals surface area contributed by atoms with E-state index in [0.29, 0.717) is 31.0 Å². The van der Waals surface area contributed by atoms with E-state index in [1.807, 2.05) is 0 Å². The van der Waals surface area contributed by atoms with E-state index < -0.39 is 12.7 Å². The molecule has 2 nitrogen and oxygen atoms in total. The maximum Gasteiger partial charge on any atom is 0.401 e. The Kier molecular flexibility index (Phi) is 4.77. The van der Waals surface area contributed by atoms with Crippen LogP contribution in [-0.2, 0) is 0 Å². The SMILES string of the molecule is CC(C)[C@H](NC[C@@H]1CCN(CC(F)(F)F)C1)C1CC1. The Hall–Kier alpha value is -0.290. The van der Waals surface area contributed by atoms with E-state index in [1.165, 1.54) is 17.7 Å². The molecule has 0 bridgehead atoms. The molecule has 5 heteroatoms. The van der Waals surface area contributed by atoms with Crippen LogP contribution >= 0.6 is 0 Å². The Labute approximate surface area is 113 Å². The summed E-state index contributed by atoms with van der Waals surface area (Å²) in [5.41, 5.74) is 0. The van der Waals surface area contributed by atoms with Gasteiger partial charge >= 0.3 is 6.18 Å². The molecule has 2 rings (SSSR count). The molecule has 1 saturated heterocycles. The van der Waals surface area contributed by atoms with Gasteiger partial charge < -0.3 is 5.32 Å². The van der Waals surface area contributed by atoms with Gasteiger partial charge in [0, 0.05) is 12.6 Å². The number of alkyl halides is 3. The molecule has 2 fully saturated rings. The zero-order valence-electron chi connectivity index (χ0n) is 11.8. The molecule has 1 aliphatic carbocycles. The number of rotatable bonds is 6. The third-order valence-corrected chi connectivity index (χ3v) is 4.26. The van der Waals surface area contributed by atoms with Gasteiger partial charge in [-0.1, -0.05) is 13.8 Å². The summed E-state index contributed by atoms with van der Waals surface area (Å²) in [6.45, 7) is 5.73. The normalized spacial score (nSPS) is 27.2. The van der Waals surface area contributed by atoms with Gasteiger partial charge in [0.1, 0.15) is 0 Å². The minimum atomic E-state index is -4.06. The van der Waals surface area contributed by atoms with Crippen LogP contribution in [0.4, 0.5) is 13.2 Å². The van der Waals surface area contributed by atoms with E-state index >= 15 is 0 Å². The summed E-state index contributed by atoms with van der Waals surface area (Å²) in [4.78, 5) is 1.54. The molecule has 0 aromatic heterocycles. The van der Waals surface area contributed by atoms with E-state index in [2.05, 4.69) is 19.2 Å². The first kappa shape index (κ1) is 15.1. The van der Waals surface area contributed by atoms with Crippen molar-refractivity contribution >= 4 is 0 Å². The van der Waals surface area contributed by atoms with Crippen molar-refractivity contribution in [3.63, 3.8) is 0 Å². The Morgan fingerprint density at radius 3 is 2.42 bits per heavy atom. The van der Waals surface area contributed by atoms with Gasteiger partial charge in [0.2, 0.25) is 0 Å². The first-order valence-electron chi connectivity index (χ1n) is 7.37. The van der Waals surface area contributed by atoms with Crippen LogP contribution in [0, 0.1) is 17.8 Å². The van der Waals surface area contributed by atoms with Crippen molar-refractivity contribution in [2.45, 2.75) is 45.3 Å². The van der Waals surface area contributed by atoms with Crippen molar-refractivity contribution in [3.05, 3.63) is 0 Å². The highest BCUT2D eigenvalue weighted by Gasteiger charge is 2.36. The van der Waals surface area contributed by atoms with E-state index in [1.54, 1.807) is 0 Å². The van der Waals surface area contributed by atoms with Crippen LogP contribution in [0.15, 0.2) is 0 Å². The molecule has 0 aromatic rings. The Morgan fingerprint density at radius 2 is 1.89 bits per heavy atom. The van der Waals surface area contributed by atoms with Crippen LogP contribution in [-0.4, -0.2) is 43.3 Å². The molecule has 2 aliphatic rings. The number of nitrogens with zero attached hydrogens (tertiary/aromatic N) is 1. The lowest BCUT2D eigenvalue weighted by atomic mass is 9.98. The average Bonchev–Trinajstić information content (AvgIpc) is 2.99. The molecule has 0 unspecified atom stereocenters. The van der Waals surface area contributed by atoms with Gasteiger partial charge in [-0.05, 0) is 50.1 Å². The molecule has 112 valence electrons. The predicted octanol–water partition coefficient (Wildman–Crippen LogP) is 2.89. The summed E-state index contributed by atoms with van der Waals surface area (Å²) in [7, 11) is 0. The summed E-state index contributed by atoms with van der Waals surface area (Å²) in [6.07, 6.45) is -0.559. The van der Waals surface area contributed by atoms with Crippen LogP contribution in [0.5, 0.6) is 0 Å². The lowest BCUT2D eigenvalue weighted by molar-refractivity contribution is -0.143. The number of halogens is 3. The highest BCUT2D eigenvalue weighted by Crippen LogP contribution is 2.35. The van der Waals surface area contributed by atoms with E-state index in [-0.39, 0.29) is 0 Å². The molecular weight excluding hydrogens is 253 g/mol. The molecule has 0 aromatic carbocycles. The molecule has 0 spiro atoms. The quantitative estimate of drug-likeness (QED) is 0.803. The van der Waals surface area contributed by atoms with Gasteiger partial charge in [-0.15, -0.1) is 0 Å². The zero-order chi connectivity index (χ0) is 14.0. The minimum Gasteiger partial charge on any atom is -0.313 e. The summed E-state index contributed by atoms with van der Waals surface area (Å²) < 4.78 is 36.9. The Bertz CT molecular complexity index is 285. The highest BCUT2D eigenvalue weighted by atomic mass is 19.4. The molecule has 2 atom stereocenters. The molecule has 1 aliphatic heterocycles. The average molecular weight is 278 g/mol. The van der Waals surface area contributed by atoms with E-state index in [0.717, 1.165) is 18.9 Å². The van der Waals surface area contributed by atoms with Gasteiger partial charge in [0.25, 0.3) is 0 Å². The summed E-state index contributed by atoms with van der Waals surface area (Å²) in [5, 5.41) is 3.60. The number of nitrogens with one attached hydrogen (secondary N) is 1. The molecule has 1 heterocycles. The molecule has 1 N–H and O–H groups in total. The largest absolute Gasteiger partial charge is 0.401 e. The first-order valence-corrected chi connectivity index (χ1v) is 7.37. The Balaban J connectivity index is 1.70. The third-order valence-electron chi connectivity index (χ3n) is 4.26. The smallest absolute Gasteiger partial charge is 0.313 e. The first-order chi connectivity index (χ1) is 8.85. The number of likely N-dealkylation sites (tertiary alicyclic amines) is 1. The van der Waals surface area contributed by atoms with Crippen molar-refractivity contribution in [1.82, 2.24) is 10.2 Å². The van der Waals surface area contributed by atoms with Crippen molar-refractivity contribution < 1.29 is 13.2 Å². The predicted molar refractivity (Wildman–Crippen MR) is 70.0 cm³/mol. The molecule has 0 amide bonds. The van der Waals surface area contributed by atoms with Crippen LogP contribution in [0.1, 0.15) is 33.1 Å². The van der Waals surface area contributed by atoms with Crippen molar-refractivity contribution in [1.29, 1.82) is 0 Å². The summed E-state index contributed by atoms with van der Waals surface area (Å²) in [5.74, 6) is 1.79. The second-order valence-electron chi connectivity index (χ2n) is 6.52. The van der Waals surface area contributed by atoms with Gasteiger partial charge in [-0.2, -0.15) is 13.2 Å². The molecular formula is C14H25F3N2. The minimum absolute atomic E-state index is 0.377. The molecule has 19 heavy (non-hydrogen) atoms. The fraction of sp³-hybridized carbons (Fsp3) is 1.00. The second kappa shape index (κ2) is 6.00. The van der Waals surface area contributed by atoms with Gasteiger partial charge in [-0.3, -0.25) is 4.90 Å². The van der Waals surface area contributed by atoms with Gasteiger partial charge in [0.05, 0.1) is 6.54 Å². The topological polar surface area (TPSA) is 15.3 Å². The monoisotopic (exact) mass is 278 g/mol. The van der Waals surface area contributed by atoms with E-state index in [4.69, 9.17) is 0 Å². The summed E-state index contributed by atoms with van der Waals surface area (Å²) in [6, 6.07) is 0.552. The lowest BCUT2D eigenvalue weighted by Crippen LogP contribution is -2.40. The van der Waals surface area contributed by atoms with Gasteiger partial charge in [0.15, 0.2) is 0 Å². The second-order valence-corrected chi connectivity index (χ2v) is 6.52. The summed E-state index contributed by atoms with van der Waals surface area (Å²) >= 11 is 0. The van der Waals surface area contributed by atoms with E-state index in [9.17, 15) is 13.2 Å². The molecule has 1 saturated carbocycles. The van der Waals surface area contributed by atoms with Crippen molar-refractivity contribution in [3.8, 4) is 0 Å². The standard InChI is InChI=1S/C14H25F3N2/c1-10(2)13(12-3-4-12)18-7-11-5-6-19(8-11)9-14(15,16)17/h10-13,18H,3-9H2,1-2H3/t11-,13-/m0/s1. The maximum atomic E-state index is 12.3. The van der Waals surface area contributed by atoms with Crippen LogP contribution < -0.4 is 5.32 Å². The van der Waals surface area contributed by atoms with Crippen LogP contribution in [0.2, 0.25) is 0 Å². The number of hydrogen-bond donors (Lipinski definition) is 1. The fourth-order valence-electron chi connectivity index (χ4n) is 3.18. The van der Waals surface area contributed by atoms with Gasteiger partial charge in [-0.25, -0.2) is 0 Å². The zero-order valence-corrected chi connectivity index (χ0v) is 11.8. The van der Waals surface area contributed by atoms with Crippen molar-refractivity contribution in [2.75, 3.05) is 26.2 Å². The van der Waals surface area contributed by atoms with Crippen LogP contribution in [0.25, 0.3) is 0 Å². The number of hydrogen-bond acceptors (Lipinski definition) is 2. The van der Waals surface area contributed by atoms with Crippen LogP contribution in [0.3, 0.4) is 0 Å². The highest BCUT2D eigenvalue weighted by molar-refractivity contribution is 4.89. The third kappa shape index (κ3) is 4.95. The fourth-order valence-corrected chi connectivity index (χ4v) is 3.18. The van der Waals surface area contributed by atoms with Crippen molar-refractivity contribution in [2.24, 2.45) is 17.8 Å². The molecule has 0 radical (unpaired) electrons. The lowest BCUT2D eigenvalue weighted by Gasteiger charge is -2.24. The Morgan fingerprint density at radius 1 is 1.21 bits per heavy atom. The maximum absolute atomic E-state index is 12.3.